The van der Waals surface area contributed by atoms with E-state index < -0.39 is 0 Å². The van der Waals surface area contributed by atoms with Gasteiger partial charge in [0, 0.05) is 30.8 Å². The second-order valence-corrected chi connectivity index (χ2v) is 6.68. The average Bonchev–Trinajstić information content (AvgIpc) is 3.09. The quantitative estimate of drug-likeness (QED) is 0.665. The van der Waals surface area contributed by atoms with Crippen molar-refractivity contribution in [2.24, 2.45) is 5.92 Å². The number of non-ortho nitro benzene ring substituents is 1. The van der Waals surface area contributed by atoms with Crippen molar-refractivity contribution in [1.82, 2.24) is 4.90 Å². The van der Waals surface area contributed by atoms with Crippen LogP contribution in [0.5, 0.6) is 0 Å². The lowest BCUT2D eigenvalue weighted by atomic mass is 9.96. The Balaban J connectivity index is 1.61. The van der Waals surface area contributed by atoms with E-state index in [1.54, 1.807) is 12.1 Å². The fourth-order valence-electron chi connectivity index (χ4n) is 3.79. The molecule has 2 unspecified atom stereocenters. The van der Waals surface area contributed by atoms with E-state index in [4.69, 9.17) is 0 Å². The van der Waals surface area contributed by atoms with Gasteiger partial charge in [-0.15, -0.1) is 0 Å². The van der Waals surface area contributed by atoms with Gasteiger partial charge < -0.3 is 9.80 Å². The minimum absolute atomic E-state index is 0.121. The van der Waals surface area contributed by atoms with Crippen molar-refractivity contribution in [3.63, 3.8) is 0 Å². The molecule has 0 aromatic heterocycles. The summed E-state index contributed by atoms with van der Waals surface area (Å²) >= 11 is 0. The molecule has 1 N–H and O–H groups in total. The zero-order valence-corrected chi connectivity index (χ0v) is 13.4. The van der Waals surface area contributed by atoms with Crippen LogP contribution in [0.4, 0.5) is 5.69 Å². The molecule has 0 aliphatic carbocycles. The Morgan fingerprint density at radius 2 is 2.09 bits per heavy atom. The van der Waals surface area contributed by atoms with Crippen molar-refractivity contribution in [3.8, 4) is 0 Å². The van der Waals surface area contributed by atoms with Crippen LogP contribution in [0.1, 0.15) is 31.2 Å². The van der Waals surface area contributed by atoms with Gasteiger partial charge in [0.2, 0.25) is 5.91 Å². The topological polar surface area (TPSA) is 67.9 Å². The Labute approximate surface area is 136 Å². The zero-order chi connectivity index (χ0) is 16.2. The maximum Gasteiger partial charge on any atom is 0.269 e. The van der Waals surface area contributed by atoms with Gasteiger partial charge in [0.15, 0.2) is 0 Å². The molecule has 124 valence electrons. The van der Waals surface area contributed by atoms with Crippen molar-refractivity contribution in [1.29, 1.82) is 0 Å². The number of hydrogen-bond donors (Lipinski definition) is 1. The predicted molar refractivity (Wildman–Crippen MR) is 86.0 cm³/mol. The van der Waals surface area contributed by atoms with Gasteiger partial charge in [0.1, 0.15) is 6.54 Å². The summed E-state index contributed by atoms with van der Waals surface area (Å²) in [6.07, 6.45) is 4.29. The number of amides is 1. The van der Waals surface area contributed by atoms with Gasteiger partial charge in [-0.25, -0.2) is 0 Å². The number of quaternary nitrogens is 1. The number of likely N-dealkylation sites (tertiary alicyclic amines) is 2. The molecule has 6 nitrogen and oxygen atoms in total. The summed E-state index contributed by atoms with van der Waals surface area (Å²) in [5.74, 6) is 0.439. The van der Waals surface area contributed by atoms with Crippen molar-refractivity contribution >= 4 is 11.6 Å². The van der Waals surface area contributed by atoms with E-state index in [0.717, 1.165) is 64.0 Å². The predicted octanol–water partition coefficient (Wildman–Crippen LogP) is 1.01. The number of nitrogens with zero attached hydrogens (tertiary/aromatic N) is 2. The van der Waals surface area contributed by atoms with E-state index in [1.165, 1.54) is 11.0 Å². The lowest BCUT2D eigenvalue weighted by Gasteiger charge is -2.31. The normalized spacial score (nSPS) is 24.6. The van der Waals surface area contributed by atoms with Crippen LogP contribution in [-0.4, -0.2) is 41.9 Å². The standard InChI is InChI=1S/C17H23N3O3/c21-17(19-9-1-2-10-19)15-6-4-8-18(13-15)12-14-5-3-7-16(11-14)20(22)23/h3,5,7,11,15H,1-2,4,6,8-10,12-13H2/p+1. The number of nitro benzene ring substituents is 1. The Morgan fingerprint density at radius 3 is 2.83 bits per heavy atom. The molecule has 2 atom stereocenters. The molecule has 1 aromatic rings. The third kappa shape index (κ3) is 3.88. The summed E-state index contributed by atoms with van der Waals surface area (Å²) in [4.78, 5) is 26.5. The molecule has 2 fully saturated rings. The van der Waals surface area contributed by atoms with Crippen molar-refractivity contribution in [3.05, 3.63) is 39.9 Å². The maximum absolute atomic E-state index is 12.6. The molecule has 0 spiro atoms. The minimum Gasteiger partial charge on any atom is -0.342 e. The minimum atomic E-state index is -0.352. The molecule has 0 saturated carbocycles. The summed E-state index contributed by atoms with van der Waals surface area (Å²) < 4.78 is 0. The van der Waals surface area contributed by atoms with Crippen molar-refractivity contribution < 1.29 is 14.6 Å². The lowest BCUT2D eigenvalue weighted by molar-refractivity contribution is -0.921. The molecule has 23 heavy (non-hydrogen) atoms. The number of hydrogen-bond acceptors (Lipinski definition) is 3. The maximum atomic E-state index is 12.6. The van der Waals surface area contributed by atoms with Crippen LogP contribution in [0.15, 0.2) is 24.3 Å². The molecule has 0 radical (unpaired) electrons. The first-order chi connectivity index (χ1) is 11.1. The third-order valence-electron chi connectivity index (χ3n) is 4.96. The van der Waals surface area contributed by atoms with Crippen LogP contribution < -0.4 is 4.90 Å². The van der Waals surface area contributed by atoms with E-state index in [9.17, 15) is 14.9 Å². The number of carbonyl (C=O) groups is 1. The third-order valence-corrected chi connectivity index (χ3v) is 4.96. The van der Waals surface area contributed by atoms with Crippen molar-refractivity contribution in [2.75, 3.05) is 26.2 Å². The van der Waals surface area contributed by atoms with Gasteiger partial charge in [-0.05, 0) is 25.7 Å². The first kappa shape index (κ1) is 15.9. The SMILES string of the molecule is O=C(C1CCC[NH+](Cc2cccc([N+](=O)[O-])c2)C1)N1CCCC1. The monoisotopic (exact) mass is 318 g/mol. The highest BCUT2D eigenvalue weighted by Crippen LogP contribution is 2.17. The molecule has 2 aliphatic heterocycles. The molecule has 2 saturated heterocycles. The molecule has 2 heterocycles. The van der Waals surface area contributed by atoms with E-state index in [-0.39, 0.29) is 16.5 Å². The second-order valence-electron chi connectivity index (χ2n) is 6.68. The fourth-order valence-corrected chi connectivity index (χ4v) is 3.79. The Morgan fingerprint density at radius 1 is 1.30 bits per heavy atom. The Kier molecular flexibility index (Phi) is 4.91. The van der Waals surface area contributed by atoms with Crippen LogP contribution in [0.3, 0.4) is 0 Å². The highest BCUT2D eigenvalue weighted by molar-refractivity contribution is 5.79. The van der Waals surface area contributed by atoms with Crippen LogP contribution in [-0.2, 0) is 11.3 Å². The molecule has 6 heteroatoms. The summed E-state index contributed by atoms with van der Waals surface area (Å²) in [7, 11) is 0. The Bertz CT molecular complexity index is 584. The van der Waals surface area contributed by atoms with Crippen LogP contribution >= 0.6 is 0 Å². The first-order valence-corrected chi connectivity index (χ1v) is 8.49. The Hall–Kier alpha value is -1.95. The molecule has 2 aliphatic rings. The zero-order valence-electron chi connectivity index (χ0n) is 13.4. The van der Waals surface area contributed by atoms with Crippen LogP contribution in [0.2, 0.25) is 0 Å². The van der Waals surface area contributed by atoms with Gasteiger partial charge >= 0.3 is 0 Å². The lowest BCUT2D eigenvalue weighted by Crippen LogP contribution is -3.12. The molecule has 1 aromatic carbocycles. The molecule has 3 rings (SSSR count). The smallest absolute Gasteiger partial charge is 0.269 e. The van der Waals surface area contributed by atoms with Gasteiger partial charge in [-0.3, -0.25) is 14.9 Å². The number of nitrogens with one attached hydrogen (secondary N) is 1. The molecular formula is C17H24N3O3+. The van der Waals surface area contributed by atoms with Crippen LogP contribution in [0, 0.1) is 16.0 Å². The number of piperidine rings is 1. The number of benzene rings is 1. The van der Waals surface area contributed by atoms with E-state index in [0.29, 0.717) is 5.91 Å². The first-order valence-electron chi connectivity index (χ1n) is 8.49. The van der Waals surface area contributed by atoms with Crippen molar-refractivity contribution in [2.45, 2.75) is 32.2 Å². The molecular weight excluding hydrogens is 294 g/mol. The fraction of sp³-hybridized carbons (Fsp3) is 0.588. The average molecular weight is 318 g/mol. The van der Waals surface area contributed by atoms with Gasteiger partial charge in [0.25, 0.3) is 5.69 Å². The summed E-state index contributed by atoms with van der Waals surface area (Å²) in [6, 6.07) is 6.85. The number of carbonyl (C=O) groups excluding carboxylic acids is 1. The van der Waals surface area contributed by atoms with E-state index in [2.05, 4.69) is 0 Å². The highest BCUT2D eigenvalue weighted by atomic mass is 16.6. The summed E-state index contributed by atoms with van der Waals surface area (Å²) in [5, 5.41) is 10.9. The van der Waals surface area contributed by atoms with Gasteiger partial charge in [-0.2, -0.15) is 0 Å². The summed E-state index contributed by atoms with van der Waals surface area (Å²) in [6.45, 7) is 4.46. The van der Waals surface area contributed by atoms with Crippen LogP contribution in [0.25, 0.3) is 0 Å². The second kappa shape index (κ2) is 7.08. The number of rotatable bonds is 4. The molecule has 0 bridgehead atoms. The van der Waals surface area contributed by atoms with E-state index >= 15 is 0 Å². The highest BCUT2D eigenvalue weighted by Gasteiger charge is 2.32. The largest absolute Gasteiger partial charge is 0.342 e. The number of nitro groups is 1. The molecule has 1 amide bonds. The van der Waals surface area contributed by atoms with E-state index in [1.807, 2.05) is 11.0 Å². The summed E-state index contributed by atoms with van der Waals surface area (Å²) in [5.41, 5.74) is 1.12. The van der Waals surface area contributed by atoms with Gasteiger partial charge in [-0.1, -0.05) is 12.1 Å². The van der Waals surface area contributed by atoms with Gasteiger partial charge in [0.05, 0.1) is 23.9 Å².